The highest BCUT2D eigenvalue weighted by Crippen LogP contribution is 2.37. The molecule has 2 fully saturated rings. The largest absolute Gasteiger partial charge is 0.481 e. The van der Waals surface area contributed by atoms with Gasteiger partial charge in [-0.3, -0.25) is 4.79 Å². The lowest BCUT2D eigenvalue weighted by Crippen LogP contribution is -2.48. The third kappa shape index (κ3) is 3.75. The number of nitrogens with one attached hydrogen (secondary N) is 1. The summed E-state index contributed by atoms with van der Waals surface area (Å²) in [5.74, 6) is 1.36. The van der Waals surface area contributed by atoms with Crippen LogP contribution in [0.5, 0.6) is 5.75 Å². The molecule has 1 aromatic rings. The Kier molecular flexibility index (Phi) is 5.14. The molecule has 0 aromatic heterocycles. The molecule has 2 saturated heterocycles. The van der Waals surface area contributed by atoms with Crippen molar-refractivity contribution in [1.29, 1.82) is 0 Å². The minimum absolute atomic E-state index is 0.116. The number of benzene rings is 1. The maximum Gasteiger partial charge on any atom is 0.263 e. The van der Waals surface area contributed by atoms with Gasteiger partial charge in [0.25, 0.3) is 5.91 Å². The average molecular weight is 330 g/mol. The summed E-state index contributed by atoms with van der Waals surface area (Å²) in [6.45, 7) is 10.2. The average Bonchev–Trinajstić information content (AvgIpc) is 3.03. The first-order valence-electron chi connectivity index (χ1n) is 9.25. The molecule has 2 aliphatic heterocycles. The lowest BCUT2D eigenvalue weighted by Gasteiger charge is -2.39. The molecule has 4 heteroatoms. The Balaban J connectivity index is 1.56. The molecule has 24 heavy (non-hydrogen) atoms. The van der Waals surface area contributed by atoms with Gasteiger partial charge < -0.3 is 15.0 Å². The van der Waals surface area contributed by atoms with Crippen LogP contribution in [0.4, 0.5) is 0 Å². The zero-order chi connectivity index (χ0) is 17.2. The Morgan fingerprint density at radius 2 is 1.96 bits per heavy atom. The van der Waals surface area contributed by atoms with Crippen LogP contribution >= 0.6 is 0 Å². The van der Waals surface area contributed by atoms with Crippen LogP contribution < -0.4 is 10.1 Å². The van der Waals surface area contributed by atoms with Crippen LogP contribution in [0.3, 0.4) is 0 Å². The second kappa shape index (κ2) is 7.14. The number of hydrogen-bond acceptors (Lipinski definition) is 3. The van der Waals surface area contributed by atoms with Crippen molar-refractivity contribution in [3.8, 4) is 5.75 Å². The van der Waals surface area contributed by atoms with E-state index < -0.39 is 6.10 Å². The summed E-state index contributed by atoms with van der Waals surface area (Å²) in [7, 11) is 0. The standard InChI is InChI=1S/C20H30N2O2/c1-15(2)17-5-4-6-18(13-17)24-16(3)19(23)22-11-8-20(9-12-22)7-10-21-14-20/h4-6,13,15-16,21H,7-12,14H2,1-3H3. The second-order valence-electron chi connectivity index (χ2n) is 7.74. The number of ether oxygens (including phenoxy) is 1. The molecular formula is C20H30N2O2. The summed E-state index contributed by atoms with van der Waals surface area (Å²) < 4.78 is 5.93. The Labute approximate surface area is 145 Å². The van der Waals surface area contributed by atoms with Crippen molar-refractivity contribution in [2.45, 2.75) is 52.1 Å². The molecule has 1 aromatic carbocycles. The number of carbonyl (C=O) groups excluding carboxylic acids is 1. The van der Waals surface area contributed by atoms with Crippen LogP contribution in [0.2, 0.25) is 0 Å². The molecule has 0 radical (unpaired) electrons. The molecule has 2 heterocycles. The Morgan fingerprint density at radius 1 is 1.21 bits per heavy atom. The second-order valence-corrected chi connectivity index (χ2v) is 7.74. The summed E-state index contributed by atoms with van der Waals surface area (Å²) in [4.78, 5) is 14.7. The van der Waals surface area contributed by atoms with E-state index in [0.717, 1.165) is 44.8 Å². The van der Waals surface area contributed by atoms with E-state index in [9.17, 15) is 4.79 Å². The van der Waals surface area contributed by atoms with Crippen molar-refractivity contribution in [2.24, 2.45) is 5.41 Å². The molecule has 0 aliphatic carbocycles. The summed E-state index contributed by atoms with van der Waals surface area (Å²) in [5, 5.41) is 3.47. The normalized spacial score (nSPS) is 21.2. The highest BCUT2D eigenvalue weighted by molar-refractivity contribution is 5.81. The zero-order valence-corrected chi connectivity index (χ0v) is 15.2. The molecule has 0 saturated carbocycles. The number of piperidine rings is 1. The van der Waals surface area contributed by atoms with Gasteiger partial charge in [-0.25, -0.2) is 0 Å². The minimum atomic E-state index is -0.428. The highest BCUT2D eigenvalue weighted by atomic mass is 16.5. The molecule has 0 bridgehead atoms. The first-order chi connectivity index (χ1) is 11.5. The van der Waals surface area contributed by atoms with E-state index in [1.165, 1.54) is 12.0 Å². The Bertz CT molecular complexity index is 569. The fourth-order valence-electron chi connectivity index (χ4n) is 3.88. The van der Waals surface area contributed by atoms with Gasteiger partial charge in [-0.1, -0.05) is 26.0 Å². The number of likely N-dealkylation sites (tertiary alicyclic amines) is 1. The van der Waals surface area contributed by atoms with Crippen LogP contribution in [-0.2, 0) is 4.79 Å². The number of rotatable bonds is 4. The third-order valence-corrected chi connectivity index (χ3v) is 5.65. The SMILES string of the molecule is CC(Oc1cccc(C(C)C)c1)C(=O)N1CCC2(CCNC2)CC1. The topological polar surface area (TPSA) is 41.6 Å². The van der Waals surface area contributed by atoms with Gasteiger partial charge in [-0.05, 0) is 61.8 Å². The molecule has 1 N–H and O–H groups in total. The number of amides is 1. The van der Waals surface area contributed by atoms with Gasteiger partial charge in [0, 0.05) is 19.6 Å². The number of hydrogen-bond donors (Lipinski definition) is 1. The maximum absolute atomic E-state index is 12.7. The number of nitrogens with zero attached hydrogens (tertiary/aromatic N) is 1. The summed E-state index contributed by atoms with van der Waals surface area (Å²) in [5.41, 5.74) is 1.67. The van der Waals surface area contributed by atoms with Crippen molar-refractivity contribution in [1.82, 2.24) is 10.2 Å². The summed E-state index contributed by atoms with van der Waals surface area (Å²) >= 11 is 0. The van der Waals surface area contributed by atoms with Gasteiger partial charge in [0.15, 0.2) is 6.10 Å². The van der Waals surface area contributed by atoms with Crippen LogP contribution in [-0.4, -0.2) is 43.1 Å². The Hall–Kier alpha value is -1.55. The fraction of sp³-hybridized carbons (Fsp3) is 0.650. The Morgan fingerprint density at radius 3 is 2.58 bits per heavy atom. The van der Waals surface area contributed by atoms with Crippen molar-refractivity contribution in [2.75, 3.05) is 26.2 Å². The fourth-order valence-corrected chi connectivity index (χ4v) is 3.88. The van der Waals surface area contributed by atoms with Crippen LogP contribution in [0.1, 0.15) is 51.5 Å². The first-order valence-corrected chi connectivity index (χ1v) is 9.25. The molecule has 132 valence electrons. The van der Waals surface area contributed by atoms with Crippen molar-refractivity contribution < 1.29 is 9.53 Å². The molecule has 2 aliphatic rings. The quantitative estimate of drug-likeness (QED) is 0.922. The van der Waals surface area contributed by atoms with Crippen LogP contribution in [0.25, 0.3) is 0 Å². The monoisotopic (exact) mass is 330 g/mol. The molecule has 1 spiro atoms. The molecular weight excluding hydrogens is 300 g/mol. The highest BCUT2D eigenvalue weighted by Gasteiger charge is 2.38. The van der Waals surface area contributed by atoms with Crippen molar-refractivity contribution >= 4 is 5.91 Å². The van der Waals surface area contributed by atoms with Crippen molar-refractivity contribution in [3.63, 3.8) is 0 Å². The zero-order valence-electron chi connectivity index (χ0n) is 15.2. The van der Waals surface area contributed by atoms with Crippen LogP contribution in [0.15, 0.2) is 24.3 Å². The van der Waals surface area contributed by atoms with E-state index in [-0.39, 0.29) is 5.91 Å². The molecule has 1 amide bonds. The van der Waals surface area contributed by atoms with Gasteiger partial charge in [0.05, 0.1) is 0 Å². The third-order valence-electron chi connectivity index (χ3n) is 5.65. The van der Waals surface area contributed by atoms with E-state index in [0.29, 0.717) is 11.3 Å². The molecule has 1 atom stereocenters. The predicted octanol–water partition coefficient (Wildman–Crippen LogP) is 3.18. The molecule has 4 nitrogen and oxygen atoms in total. The summed E-state index contributed by atoms with van der Waals surface area (Å²) in [6, 6.07) is 8.08. The van der Waals surface area contributed by atoms with Gasteiger partial charge in [-0.2, -0.15) is 0 Å². The summed E-state index contributed by atoms with van der Waals surface area (Å²) in [6.07, 6.45) is 3.05. The maximum atomic E-state index is 12.7. The minimum Gasteiger partial charge on any atom is -0.481 e. The van der Waals surface area contributed by atoms with Gasteiger partial charge in [0.1, 0.15) is 5.75 Å². The number of carbonyl (C=O) groups is 1. The lowest BCUT2D eigenvalue weighted by atomic mass is 9.78. The van der Waals surface area contributed by atoms with E-state index in [4.69, 9.17) is 4.74 Å². The van der Waals surface area contributed by atoms with Crippen molar-refractivity contribution in [3.05, 3.63) is 29.8 Å². The van der Waals surface area contributed by atoms with E-state index in [1.807, 2.05) is 30.0 Å². The van der Waals surface area contributed by atoms with Gasteiger partial charge in [-0.15, -0.1) is 0 Å². The van der Waals surface area contributed by atoms with Gasteiger partial charge in [0.2, 0.25) is 0 Å². The lowest BCUT2D eigenvalue weighted by molar-refractivity contribution is -0.140. The first kappa shape index (κ1) is 17.3. The van der Waals surface area contributed by atoms with E-state index >= 15 is 0 Å². The predicted molar refractivity (Wildman–Crippen MR) is 96.4 cm³/mol. The molecule has 1 unspecified atom stereocenters. The van der Waals surface area contributed by atoms with Gasteiger partial charge >= 0.3 is 0 Å². The molecule has 3 rings (SSSR count). The van der Waals surface area contributed by atoms with Crippen LogP contribution in [0, 0.1) is 5.41 Å². The smallest absolute Gasteiger partial charge is 0.263 e. The van der Waals surface area contributed by atoms with E-state index in [2.05, 4.69) is 25.2 Å². The van der Waals surface area contributed by atoms with E-state index in [1.54, 1.807) is 0 Å².